The van der Waals surface area contributed by atoms with Crippen LogP contribution in [0.3, 0.4) is 0 Å². The van der Waals surface area contributed by atoms with Crippen LogP contribution in [0.2, 0.25) is 5.02 Å². The molecule has 1 amide bonds. The van der Waals surface area contributed by atoms with Crippen LogP contribution in [0.1, 0.15) is 30.1 Å². The Labute approximate surface area is 154 Å². The van der Waals surface area contributed by atoms with Crippen molar-refractivity contribution in [3.63, 3.8) is 0 Å². The molecule has 138 valence electrons. The van der Waals surface area contributed by atoms with Crippen LogP contribution in [0.5, 0.6) is 0 Å². The Kier molecular flexibility index (Phi) is 6.29. The van der Waals surface area contributed by atoms with Gasteiger partial charge in [-0.15, -0.1) is 0 Å². The van der Waals surface area contributed by atoms with Gasteiger partial charge in [-0.3, -0.25) is 4.79 Å². The van der Waals surface area contributed by atoms with Crippen molar-refractivity contribution in [2.45, 2.75) is 25.1 Å². The molecule has 25 heavy (non-hydrogen) atoms. The maximum absolute atomic E-state index is 12.9. The van der Waals surface area contributed by atoms with Gasteiger partial charge in [0.1, 0.15) is 0 Å². The number of hydrogen-bond donors (Lipinski definition) is 1. The van der Waals surface area contributed by atoms with Gasteiger partial charge in [-0.05, 0) is 31.0 Å². The molecule has 1 fully saturated rings. The maximum atomic E-state index is 12.9. The van der Waals surface area contributed by atoms with Crippen molar-refractivity contribution in [3.05, 3.63) is 34.3 Å². The van der Waals surface area contributed by atoms with Gasteiger partial charge in [-0.2, -0.15) is 13.2 Å². The van der Waals surface area contributed by atoms with Crippen LogP contribution in [-0.4, -0.2) is 36.0 Å². The molecule has 1 aliphatic rings. The zero-order valence-electron chi connectivity index (χ0n) is 13.5. The van der Waals surface area contributed by atoms with Crippen LogP contribution in [0.4, 0.5) is 13.2 Å². The SMILES string of the molecule is COC(C(=O)N1CCC(C(N)=S)CC1)c1cc(C(F)(F)F)ccc1Cl. The van der Waals surface area contributed by atoms with Gasteiger partial charge in [-0.1, -0.05) is 23.8 Å². The summed E-state index contributed by atoms with van der Waals surface area (Å²) in [5.41, 5.74) is 4.74. The Morgan fingerprint density at radius 1 is 1.40 bits per heavy atom. The smallest absolute Gasteiger partial charge is 0.393 e. The molecule has 9 heteroatoms. The number of alkyl halides is 3. The van der Waals surface area contributed by atoms with E-state index >= 15 is 0 Å². The zero-order valence-corrected chi connectivity index (χ0v) is 15.0. The van der Waals surface area contributed by atoms with Crippen molar-refractivity contribution in [2.24, 2.45) is 11.7 Å². The van der Waals surface area contributed by atoms with Gasteiger partial charge in [0.2, 0.25) is 0 Å². The van der Waals surface area contributed by atoms with E-state index in [1.165, 1.54) is 7.11 Å². The second-order valence-electron chi connectivity index (χ2n) is 5.85. The highest BCUT2D eigenvalue weighted by atomic mass is 35.5. The first-order chi connectivity index (χ1) is 11.6. The minimum Gasteiger partial charge on any atom is -0.393 e. The molecular formula is C16H18ClF3N2O2S. The van der Waals surface area contributed by atoms with E-state index in [0.717, 1.165) is 18.2 Å². The normalized spacial score (nSPS) is 17.4. The number of amides is 1. The number of piperidine rings is 1. The van der Waals surface area contributed by atoms with E-state index in [0.29, 0.717) is 30.9 Å². The fourth-order valence-corrected chi connectivity index (χ4v) is 3.28. The van der Waals surface area contributed by atoms with Crippen molar-refractivity contribution in [2.75, 3.05) is 20.2 Å². The Morgan fingerprint density at radius 3 is 2.48 bits per heavy atom. The van der Waals surface area contributed by atoms with Crippen LogP contribution in [0.15, 0.2) is 18.2 Å². The highest BCUT2D eigenvalue weighted by molar-refractivity contribution is 7.80. The molecule has 0 aromatic heterocycles. The molecule has 0 aliphatic carbocycles. The summed E-state index contributed by atoms with van der Waals surface area (Å²) in [6.45, 7) is 0.828. The molecule has 2 N–H and O–H groups in total. The van der Waals surface area contributed by atoms with E-state index in [1.807, 2.05) is 0 Å². The quantitative estimate of drug-likeness (QED) is 0.793. The molecular weight excluding hydrogens is 377 g/mol. The molecule has 1 atom stereocenters. The first kappa shape index (κ1) is 19.9. The Hall–Kier alpha value is -1.38. The fraction of sp³-hybridized carbons (Fsp3) is 0.500. The maximum Gasteiger partial charge on any atom is 0.416 e. The summed E-state index contributed by atoms with van der Waals surface area (Å²) in [6, 6.07) is 2.85. The van der Waals surface area contributed by atoms with Crippen molar-refractivity contribution < 1.29 is 22.7 Å². The number of benzene rings is 1. The molecule has 1 aliphatic heterocycles. The predicted octanol–water partition coefficient (Wildman–Crippen LogP) is 3.57. The number of rotatable bonds is 4. The lowest BCUT2D eigenvalue weighted by atomic mass is 9.96. The van der Waals surface area contributed by atoms with Crippen LogP contribution in [0, 0.1) is 5.92 Å². The van der Waals surface area contributed by atoms with Gasteiger partial charge >= 0.3 is 6.18 Å². The third kappa shape index (κ3) is 4.62. The first-order valence-corrected chi connectivity index (χ1v) is 8.41. The average Bonchev–Trinajstić information content (AvgIpc) is 2.56. The minimum atomic E-state index is -4.53. The summed E-state index contributed by atoms with van der Waals surface area (Å²) >= 11 is 11.0. The second kappa shape index (κ2) is 7.88. The van der Waals surface area contributed by atoms with Crippen LogP contribution in [0.25, 0.3) is 0 Å². The highest BCUT2D eigenvalue weighted by Crippen LogP contribution is 2.35. The second-order valence-corrected chi connectivity index (χ2v) is 6.73. The number of halogens is 4. The van der Waals surface area contributed by atoms with Gasteiger partial charge in [0, 0.05) is 36.7 Å². The van der Waals surface area contributed by atoms with Crippen molar-refractivity contribution in [1.29, 1.82) is 0 Å². The highest BCUT2D eigenvalue weighted by Gasteiger charge is 2.35. The molecule has 4 nitrogen and oxygen atoms in total. The molecule has 2 rings (SSSR count). The Morgan fingerprint density at radius 2 is 2.00 bits per heavy atom. The van der Waals surface area contributed by atoms with Crippen LogP contribution in [-0.2, 0) is 15.7 Å². The molecule has 1 aromatic carbocycles. The molecule has 0 bridgehead atoms. The number of nitrogens with two attached hydrogens (primary N) is 1. The van der Waals surface area contributed by atoms with Gasteiger partial charge in [-0.25, -0.2) is 0 Å². The van der Waals surface area contributed by atoms with Crippen LogP contribution >= 0.6 is 23.8 Å². The van der Waals surface area contributed by atoms with Gasteiger partial charge in [0.05, 0.1) is 10.6 Å². The first-order valence-electron chi connectivity index (χ1n) is 7.62. The topological polar surface area (TPSA) is 55.6 Å². The third-order valence-electron chi connectivity index (χ3n) is 4.27. The average molecular weight is 395 g/mol. The van der Waals surface area contributed by atoms with E-state index in [9.17, 15) is 18.0 Å². The monoisotopic (exact) mass is 394 g/mol. The predicted molar refractivity (Wildman–Crippen MR) is 92.3 cm³/mol. The summed E-state index contributed by atoms with van der Waals surface area (Å²) < 4.78 is 44.0. The largest absolute Gasteiger partial charge is 0.416 e. The standard InChI is InChI=1S/C16H18ClF3N2O2S/c1-24-13(11-8-10(16(18,19)20)2-3-12(11)17)15(23)22-6-4-9(5-7-22)14(21)25/h2-3,8-9,13H,4-7H2,1H3,(H2,21,25). The number of likely N-dealkylation sites (tertiary alicyclic amines) is 1. The third-order valence-corrected chi connectivity index (χ3v) is 4.95. The van der Waals surface area contributed by atoms with Crippen molar-refractivity contribution in [3.8, 4) is 0 Å². The number of methoxy groups -OCH3 is 1. The van der Waals surface area contributed by atoms with E-state index in [-0.39, 0.29) is 16.5 Å². The summed E-state index contributed by atoms with van der Waals surface area (Å²) in [5.74, 6) is -0.359. The van der Waals surface area contributed by atoms with E-state index in [4.69, 9.17) is 34.3 Å². The number of ether oxygens (including phenoxy) is 1. The van der Waals surface area contributed by atoms with Crippen LogP contribution < -0.4 is 5.73 Å². The zero-order chi connectivity index (χ0) is 18.8. The number of hydrogen-bond acceptors (Lipinski definition) is 3. The molecule has 1 saturated heterocycles. The summed E-state index contributed by atoms with van der Waals surface area (Å²) in [6.07, 6.45) is -4.49. The van der Waals surface area contributed by atoms with Gasteiger partial charge in [0.25, 0.3) is 5.91 Å². The molecule has 0 saturated carbocycles. The number of thiocarbonyl (C=S) groups is 1. The number of carbonyl (C=O) groups excluding carboxylic acids is 1. The molecule has 0 radical (unpaired) electrons. The van der Waals surface area contributed by atoms with E-state index in [1.54, 1.807) is 4.90 Å². The Balaban J connectivity index is 2.22. The Bertz CT molecular complexity index is 661. The van der Waals surface area contributed by atoms with E-state index in [2.05, 4.69) is 0 Å². The summed E-state index contributed by atoms with van der Waals surface area (Å²) in [7, 11) is 1.26. The molecule has 1 unspecified atom stereocenters. The minimum absolute atomic E-state index is 0.000427. The van der Waals surface area contributed by atoms with E-state index < -0.39 is 23.8 Å². The summed E-state index contributed by atoms with van der Waals surface area (Å²) in [4.78, 5) is 14.7. The molecule has 0 spiro atoms. The lowest BCUT2D eigenvalue weighted by molar-refractivity contribution is -0.144. The number of carbonyl (C=O) groups is 1. The van der Waals surface area contributed by atoms with Gasteiger partial charge in [0.15, 0.2) is 6.10 Å². The lowest BCUT2D eigenvalue weighted by Gasteiger charge is -2.33. The summed E-state index contributed by atoms with van der Waals surface area (Å²) in [5, 5.41) is 0.0474. The lowest BCUT2D eigenvalue weighted by Crippen LogP contribution is -2.43. The van der Waals surface area contributed by atoms with Crippen molar-refractivity contribution >= 4 is 34.7 Å². The fourth-order valence-electron chi connectivity index (χ4n) is 2.83. The molecule has 1 heterocycles. The van der Waals surface area contributed by atoms with Crippen molar-refractivity contribution in [1.82, 2.24) is 4.90 Å². The van der Waals surface area contributed by atoms with Gasteiger partial charge < -0.3 is 15.4 Å². The number of nitrogens with zero attached hydrogens (tertiary/aromatic N) is 1. The molecule has 1 aromatic rings.